The number of hydrogen-bond acceptors (Lipinski definition) is 4. The van der Waals surface area contributed by atoms with Crippen LogP contribution in [0.2, 0.25) is 0 Å². The van der Waals surface area contributed by atoms with Gasteiger partial charge in [0.2, 0.25) is 5.91 Å². The minimum Gasteiger partial charge on any atom is -0.444 e. The number of rotatable bonds is 9. The van der Waals surface area contributed by atoms with Gasteiger partial charge in [0, 0.05) is 26.7 Å². The Morgan fingerprint density at radius 1 is 1.11 bits per heavy atom. The van der Waals surface area contributed by atoms with Gasteiger partial charge in [0.25, 0.3) is 0 Å². The molecule has 0 fully saturated rings. The van der Waals surface area contributed by atoms with Crippen molar-refractivity contribution in [3.05, 3.63) is 0 Å². The summed E-state index contributed by atoms with van der Waals surface area (Å²) in [6.07, 6.45) is 1.94. The Morgan fingerprint density at radius 3 is 2.11 bits per heavy atom. The van der Waals surface area contributed by atoms with Crippen molar-refractivity contribution in [2.75, 3.05) is 27.2 Å². The molecule has 8 nitrogen and oxygen atoms in total. The zero-order chi connectivity index (χ0) is 22.0. The normalized spacial score (nSPS) is 13.5. The van der Waals surface area contributed by atoms with Crippen molar-refractivity contribution in [2.45, 2.75) is 84.9 Å². The molecule has 28 heavy (non-hydrogen) atoms. The quantitative estimate of drug-likeness (QED) is 0.409. The van der Waals surface area contributed by atoms with Crippen LogP contribution in [0, 0.1) is 0 Å². The van der Waals surface area contributed by atoms with Gasteiger partial charge in [0.15, 0.2) is 5.96 Å². The van der Waals surface area contributed by atoms with Crippen molar-refractivity contribution in [3.8, 4) is 0 Å². The average Bonchev–Trinajstić information content (AvgIpc) is 2.60. The molecule has 0 saturated carbocycles. The number of ether oxygens (including phenoxy) is 1. The van der Waals surface area contributed by atoms with E-state index in [1.165, 1.54) is 4.90 Å². The molecule has 0 bridgehead atoms. The van der Waals surface area contributed by atoms with E-state index in [9.17, 15) is 9.59 Å². The molecule has 0 aliphatic rings. The predicted octanol–water partition coefficient (Wildman–Crippen LogP) is 2.49. The fraction of sp³-hybridized carbons (Fsp3) is 0.850. The van der Waals surface area contributed by atoms with Crippen LogP contribution in [0.4, 0.5) is 4.79 Å². The summed E-state index contributed by atoms with van der Waals surface area (Å²) >= 11 is 0. The first-order chi connectivity index (χ1) is 12.9. The van der Waals surface area contributed by atoms with E-state index in [-0.39, 0.29) is 18.5 Å². The summed E-state index contributed by atoms with van der Waals surface area (Å²) in [5, 5.41) is 9.60. The second kappa shape index (κ2) is 11.8. The van der Waals surface area contributed by atoms with E-state index in [2.05, 4.69) is 34.8 Å². The summed E-state index contributed by atoms with van der Waals surface area (Å²) in [4.78, 5) is 30.1. The molecule has 164 valence electrons. The molecule has 2 amide bonds. The Hall–Kier alpha value is -1.99. The van der Waals surface area contributed by atoms with E-state index in [0.29, 0.717) is 12.5 Å². The highest BCUT2D eigenvalue weighted by Crippen LogP contribution is 2.16. The van der Waals surface area contributed by atoms with E-state index in [4.69, 9.17) is 4.74 Å². The lowest BCUT2D eigenvalue weighted by atomic mass is 9.93. The molecule has 0 aromatic heterocycles. The number of amides is 2. The zero-order valence-corrected chi connectivity index (χ0v) is 19.2. The molecule has 3 N–H and O–H groups in total. The molecule has 0 rings (SSSR count). The first-order valence-electron chi connectivity index (χ1n) is 10.1. The van der Waals surface area contributed by atoms with Gasteiger partial charge in [-0.3, -0.25) is 4.79 Å². The number of nitrogens with zero attached hydrogens (tertiary/aromatic N) is 2. The van der Waals surface area contributed by atoms with Gasteiger partial charge in [-0.05, 0) is 47.0 Å². The Kier molecular flexibility index (Phi) is 10.9. The monoisotopic (exact) mass is 399 g/mol. The summed E-state index contributed by atoms with van der Waals surface area (Å²) in [5.74, 6) is 0.483. The molecule has 0 spiro atoms. The summed E-state index contributed by atoms with van der Waals surface area (Å²) < 4.78 is 5.42. The van der Waals surface area contributed by atoms with Crippen molar-refractivity contribution in [3.63, 3.8) is 0 Å². The number of hydrogen-bond donors (Lipinski definition) is 3. The summed E-state index contributed by atoms with van der Waals surface area (Å²) in [5.41, 5.74) is -1.03. The molecular weight excluding hydrogens is 358 g/mol. The van der Waals surface area contributed by atoms with Crippen LogP contribution in [0.25, 0.3) is 0 Å². The summed E-state index contributed by atoms with van der Waals surface area (Å²) in [7, 11) is 3.41. The summed E-state index contributed by atoms with van der Waals surface area (Å²) in [6, 6.07) is 0.206. The van der Waals surface area contributed by atoms with E-state index in [0.717, 1.165) is 19.3 Å². The van der Waals surface area contributed by atoms with Crippen LogP contribution in [-0.2, 0) is 9.53 Å². The first-order valence-corrected chi connectivity index (χ1v) is 10.1. The van der Waals surface area contributed by atoms with E-state index in [1.807, 2.05) is 34.6 Å². The highest BCUT2D eigenvalue weighted by Gasteiger charge is 2.30. The number of carbonyl (C=O) groups is 2. The van der Waals surface area contributed by atoms with Gasteiger partial charge < -0.3 is 25.6 Å². The maximum atomic E-state index is 12.3. The Morgan fingerprint density at radius 2 is 1.68 bits per heavy atom. The van der Waals surface area contributed by atoms with Crippen LogP contribution in [0.3, 0.4) is 0 Å². The number of aliphatic imine (C=N–C) groups is 1. The van der Waals surface area contributed by atoms with Gasteiger partial charge in [0.1, 0.15) is 12.1 Å². The van der Waals surface area contributed by atoms with Crippen molar-refractivity contribution >= 4 is 18.0 Å². The third kappa shape index (κ3) is 10.4. The molecule has 1 atom stereocenters. The molecule has 0 aliphatic heterocycles. The van der Waals surface area contributed by atoms with Gasteiger partial charge in [0.05, 0.1) is 5.54 Å². The molecule has 1 unspecified atom stereocenters. The van der Waals surface area contributed by atoms with Crippen LogP contribution in [-0.4, -0.2) is 67.2 Å². The number of alkyl carbamates (subject to hydrolysis) is 1. The minimum absolute atomic E-state index is 0.0590. The van der Waals surface area contributed by atoms with E-state index in [1.54, 1.807) is 14.1 Å². The minimum atomic E-state index is -0.554. The lowest BCUT2D eigenvalue weighted by molar-refractivity contribution is -0.127. The third-order valence-electron chi connectivity index (χ3n) is 4.58. The Balaban J connectivity index is 5.22. The largest absolute Gasteiger partial charge is 0.444 e. The van der Waals surface area contributed by atoms with E-state index >= 15 is 0 Å². The highest BCUT2D eigenvalue weighted by atomic mass is 16.6. The van der Waals surface area contributed by atoms with Gasteiger partial charge in [-0.15, -0.1) is 0 Å². The number of nitrogens with one attached hydrogen (secondary N) is 3. The van der Waals surface area contributed by atoms with Crippen molar-refractivity contribution in [1.29, 1.82) is 0 Å². The number of carbonyl (C=O) groups excluding carboxylic acids is 2. The molecule has 0 saturated heterocycles. The molecule has 0 radical (unpaired) electrons. The van der Waals surface area contributed by atoms with E-state index < -0.39 is 17.2 Å². The van der Waals surface area contributed by atoms with Crippen LogP contribution < -0.4 is 16.0 Å². The van der Waals surface area contributed by atoms with Gasteiger partial charge in [-0.2, -0.15) is 0 Å². The SMILES string of the molecule is CCC(C)NC(=NCC(=O)N(C)C)NCC(CC)(CC)NC(=O)OC(C)(C)C. The second-order valence-electron chi connectivity index (χ2n) is 8.37. The smallest absolute Gasteiger partial charge is 0.408 e. The third-order valence-corrected chi connectivity index (χ3v) is 4.58. The topological polar surface area (TPSA) is 95.1 Å². The lowest BCUT2D eigenvalue weighted by Gasteiger charge is -2.34. The fourth-order valence-corrected chi connectivity index (χ4v) is 2.27. The summed E-state index contributed by atoms with van der Waals surface area (Å²) in [6.45, 7) is 14.2. The Bertz CT molecular complexity index is 522. The van der Waals surface area contributed by atoms with Gasteiger partial charge >= 0.3 is 6.09 Å². The zero-order valence-electron chi connectivity index (χ0n) is 19.2. The molecule has 0 heterocycles. The first kappa shape index (κ1) is 26.0. The van der Waals surface area contributed by atoms with Crippen LogP contribution >= 0.6 is 0 Å². The molecule has 0 aromatic rings. The number of guanidine groups is 1. The maximum Gasteiger partial charge on any atom is 0.408 e. The maximum absolute atomic E-state index is 12.3. The highest BCUT2D eigenvalue weighted by molar-refractivity contribution is 5.85. The fourth-order valence-electron chi connectivity index (χ4n) is 2.27. The van der Waals surface area contributed by atoms with Crippen molar-refractivity contribution in [1.82, 2.24) is 20.9 Å². The van der Waals surface area contributed by atoms with Gasteiger partial charge in [-0.25, -0.2) is 9.79 Å². The van der Waals surface area contributed by atoms with Crippen LogP contribution in [0.5, 0.6) is 0 Å². The standard InChI is InChI=1S/C20H41N5O3/c1-10-15(4)23-17(21-13-16(26)25(8)9)22-14-20(11-2,12-3)24-18(27)28-19(5,6)7/h15H,10-14H2,1-9H3,(H,24,27)(H2,21,22,23). The predicted molar refractivity (Wildman–Crippen MR) is 115 cm³/mol. The molecular formula is C20H41N5O3. The number of likely N-dealkylation sites (N-methyl/N-ethyl adjacent to an activating group) is 1. The molecule has 0 aromatic carbocycles. The lowest BCUT2D eigenvalue weighted by Crippen LogP contribution is -2.57. The molecule has 0 aliphatic carbocycles. The Labute approximate surface area is 170 Å². The average molecular weight is 400 g/mol. The second-order valence-corrected chi connectivity index (χ2v) is 8.37. The van der Waals surface area contributed by atoms with Crippen molar-refractivity contribution < 1.29 is 14.3 Å². The van der Waals surface area contributed by atoms with Gasteiger partial charge in [-0.1, -0.05) is 20.8 Å². The van der Waals surface area contributed by atoms with Crippen molar-refractivity contribution in [2.24, 2.45) is 4.99 Å². The van der Waals surface area contributed by atoms with Crippen LogP contribution in [0.1, 0.15) is 67.7 Å². The van der Waals surface area contributed by atoms with Crippen LogP contribution in [0.15, 0.2) is 4.99 Å². The molecule has 8 heteroatoms.